The number of imidazole rings is 1. The third-order valence-corrected chi connectivity index (χ3v) is 7.82. The van der Waals surface area contributed by atoms with Gasteiger partial charge >= 0.3 is 69.1 Å². The monoisotopic (exact) mass is 714 g/mol. The van der Waals surface area contributed by atoms with Crippen molar-refractivity contribution in [2.75, 3.05) is 13.7 Å². The van der Waals surface area contributed by atoms with Crippen LogP contribution in [0.25, 0.3) is 33.5 Å². The molecule has 0 bridgehead atoms. The van der Waals surface area contributed by atoms with E-state index in [4.69, 9.17) is 18.9 Å². The zero-order chi connectivity index (χ0) is 35.4. The molecule has 256 valence electrons. The Morgan fingerprint density at radius 1 is 0.902 bits per heavy atom. The summed E-state index contributed by atoms with van der Waals surface area (Å²) in [6.45, 7) is 7.86. The number of esters is 2. The van der Waals surface area contributed by atoms with Crippen LogP contribution in [0.5, 0.6) is 17.5 Å². The molecule has 0 fully saturated rings. The molecule has 2 aromatic heterocycles. The number of carbonyl (C=O) groups excluding carboxylic acids is 2. The number of aromatic nitrogens is 4. The van der Waals surface area contributed by atoms with E-state index < -0.39 is 23.1 Å². The molecule has 0 aliphatic rings. The number of benzene rings is 4. The molecular weight excluding hydrogens is 680 g/mol. The Bertz CT molecular complexity index is 2230. The van der Waals surface area contributed by atoms with Crippen molar-refractivity contribution < 1.29 is 84.4 Å². The smallest absolute Gasteiger partial charge is 0.493 e. The molecule has 0 radical (unpaired) electrons. The van der Waals surface area contributed by atoms with Crippen LogP contribution in [0.3, 0.4) is 0 Å². The van der Waals surface area contributed by atoms with Gasteiger partial charge in [-0.3, -0.25) is 14.5 Å². The number of para-hydroxylation sites is 1. The molecule has 0 N–H and O–H groups in total. The van der Waals surface area contributed by atoms with E-state index in [0.29, 0.717) is 52.6 Å². The predicted octanol–water partition coefficient (Wildman–Crippen LogP) is 3.44. The first-order chi connectivity index (χ1) is 24.0. The van der Waals surface area contributed by atoms with E-state index in [2.05, 4.69) is 19.6 Å². The zero-order valence-electron chi connectivity index (χ0n) is 29.3. The summed E-state index contributed by atoms with van der Waals surface area (Å²) < 4.78 is 29.2. The fraction of sp³-hybridized carbons (Fsp3) is 0.237. The topological polar surface area (TPSA) is 146 Å². The molecule has 0 aliphatic heterocycles. The van der Waals surface area contributed by atoms with Crippen LogP contribution in [0.2, 0.25) is 0 Å². The molecule has 51 heavy (non-hydrogen) atoms. The molecule has 6 aromatic rings. The minimum Gasteiger partial charge on any atom is -0.493 e. The SMILES string of the molecule is CCOc1nc2cccc(C(=O)OCc3ccc(OC(=O)C(C)(C)C)c(OC)c3)c2n1Cc1ccc(-c2ccccc2-c2noc(=O)[n-]2)cc1.[K+]. The van der Waals surface area contributed by atoms with Gasteiger partial charge in [0, 0.05) is 0 Å². The van der Waals surface area contributed by atoms with Gasteiger partial charge in [0.15, 0.2) is 11.5 Å². The Hall–Kier alpha value is -4.53. The van der Waals surface area contributed by atoms with Gasteiger partial charge in [-0.05, 0) is 85.6 Å². The summed E-state index contributed by atoms with van der Waals surface area (Å²) in [6, 6.07) is 26.0. The summed E-state index contributed by atoms with van der Waals surface area (Å²) in [5, 5.41) is 3.79. The first kappa shape index (κ1) is 37.7. The summed E-state index contributed by atoms with van der Waals surface area (Å²) in [6.07, 6.45) is 0. The molecule has 0 atom stereocenters. The fourth-order valence-corrected chi connectivity index (χ4v) is 5.30. The van der Waals surface area contributed by atoms with Crippen LogP contribution in [0.4, 0.5) is 0 Å². The molecule has 0 spiro atoms. The second-order valence-electron chi connectivity index (χ2n) is 12.4. The largest absolute Gasteiger partial charge is 1.00 e. The van der Waals surface area contributed by atoms with Crippen LogP contribution in [0.15, 0.2) is 94.2 Å². The van der Waals surface area contributed by atoms with E-state index in [1.807, 2.05) is 66.1 Å². The van der Waals surface area contributed by atoms with Crippen LogP contribution in [0, 0.1) is 5.41 Å². The third-order valence-electron chi connectivity index (χ3n) is 7.82. The second-order valence-corrected chi connectivity index (χ2v) is 12.4. The average molecular weight is 715 g/mol. The van der Waals surface area contributed by atoms with E-state index in [1.165, 1.54) is 7.11 Å². The first-order valence-corrected chi connectivity index (χ1v) is 15.9. The Labute approximate surface area is 336 Å². The molecule has 13 heteroatoms. The Morgan fingerprint density at radius 3 is 2.29 bits per heavy atom. The molecule has 0 unspecified atom stereocenters. The van der Waals surface area contributed by atoms with Crippen LogP contribution in [-0.4, -0.2) is 40.4 Å². The summed E-state index contributed by atoms with van der Waals surface area (Å²) in [5.74, 6) is -0.844. The van der Waals surface area contributed by atoms with Crippen molar-refractivity contribution in [3.05, 3.63) is 112 Å². The van der Waals surface area contributed by atoms with Gasteiger partial charge in [0.25, 0.3) is 6.01 Å². The number of nitrogens with zero attached hydrogens (tertiary/aromatic N) is 4. The number of hydrogen-bond donors (Lipinski definition) is 0. The van der Waals surface area contributed by atoms with Gasteiger partial charge in [-0.1, -0.05) is 60.7 Å². The minimum atomic E-state index is -0.749. The number of ether oxygens (including phenoxy) is 4. The van der Waals surface area contributed by atoms with Crippen molar-refractivity contribution in [1.82, 2.24) is 19.7 Å². The Balaban J connectivity index is 0.00000504. The van der Waals surface area contributed by atoms with Crippen LogP contribution in [0.1, 0.15) is 49.2 Å². The molecule has 0 saturated carbocycles. The molecule has 6 rings (SSSR count). The number of carbonyl (C=O) groups is 2. The van der Waals surface area contributed by atoms with E-state index in [1.54, 1.807) is 51.1 Å². The van der Waals surface area contributed by atoms with E-state index in [0.717, 1.165) is 16.7 Å². The van der Waals surface area contributed by atoms with E-state index in [9.17, 15) is 14.4 Å². The standard InChI is InChI=1S/C38H36N4O8.K/c1-6-47-36-39-29-13-9-12-28(34(43)48-22-24-16-19-30(31(20-24)46-5)49-35(44)38(2,3)4)32(29)42(36)21-23-14-17-25(18-15-23)26-10-7-8-11-27(26)33-40-37(45)50-41-33;/h7-20H,6,21-22H2,1-5H3,(H,40,41,45);/q;+1/p-1. The van der Waals surface area contributed by atoms with Gasteiger partial charge in [-0.2, -0.15) is 4.98 Å². The average Bonchev–Trinajstić information content (AvgIpc) is 3.70. The van der Waals surface area contributed by atoms with Gasteiger partial charge in [0.2, 0.25) is 0 Å². The Kier molecular flexibility index (Phi) is 12.0. The van der Waals surface area contributed by atoms with Crippen molar-refractivity contribution in [3.63, 3.8) is 0 Å². The molecular formula is C38H35KN4O8. The van der Waals surface area contributed by atoms with Crippen molar-refractivity contribution >= 4 is 23.0 Å². The van der Waals surface area contributed by atoms with Gasteiger partial charge in [0.05, 0.1) is 42.3 Å². The van der Waals surface area contributed by atoms with Gasteiger partial charge in [-0.25, -0.2) is 9.59 Å². The zero-order valence-corrected chi connectivity index (χ0v) is 32.4. The van der Waals surface area contributed by atoms with E-state index in [-0.39, 0.29) is 69.6 Å². The third kappa shape index (κ3) is 8.51. The van der Waals surface area contributed by atoms with Crippen LogP contribution in [-0.2, 0) is 22.7 Å². The quantitative estimate of drug-likeness (QED) is 0.111. The summed E-state index contributed by atoms with van der Waals surface area (Å²) in [5.41, 5.74) is 4.77. The van der Waals surface area contributed by atoms with Gasteiger partial charge in [-0.15, -0.1) is 0 Å². The number of hydrogen-bond acceptors (Lipinski definition) is 10. The molecule has 0 saturated heterocycles. The summed E-state index contributed by atoms with van der Waals surface area (Å²) >= 11 is 0. The predicted molar refractivity (Wildman–Crippen MR) is 184 cm³/mol. The van der Waals surface area contributed by atoms with Crippen molar-refractivity contribution in [2.24, 2.45) is 5.41 Å². The first-order valence-electron chi connectivity index (χ1n) is 15.9. The summed E-state index contributed by atoms with van der Waals surface area (Å²) in [7, 11) is 1.48. The number of rotatable bonds is 11. The fourth-order valence-electron chi connectivity index (χ4n) is 5.30. The minimum absolute atomic E-state index is 0. The summed E-state index contributed by atoms with van der Waals surface area (Å²) in [4.78, 5) is 46.1. The Morgan fingerprint density at radius 2 is 1.63 bits per heavy atom. The van der Waals surface area contributed by atoms with Crippen molar-refractivity contribution in [2.45, 2.75) is 40.8 Å². The molecule has 0 amide bonds. The normalized spacial score (nSPS) is 11.2. The second kappa shape index (κ2) is 16.2. The number of methoxy groups -OCH3 is 1. The van der Waals surface area contributed by atoms with Crippen LogP contribution >= 0.6 is 0 Å². The van der Waals surface area contributed by atoms with Gasteiger partial charge < -0.3 is 28.5 Å². The maximum atomic E-state index is 13.6. The molecule has 12 nitrogen and oxygen atoms in total. The maximum absolute atomic E-state index is 13.6. The molecule has 4 aromatic carbocycles. The maximum Gasteiger partial charge on any atom is 1.00 e. The van der Waals surface area contributed by atoms with Crippen LogP contribution < -0.4 is 76.3 Å². The molecule has 0 aliphatic carbocycles. The number of fused-ring (bicyclic) bond motifs is 1. The van der Waals surface area contributed by atoms with E-state index >= 15 is 0 Å². The van der Waals surface area contributed by atoms with Gasteiger partial charge in [0.1, 0.15) is 6.61 Å². The molecule has 2 heterocycles. The van der Waals surface area contributed by atoms with Crippen molar-refractivity contribution in [1.29, 1.82) is 0 Å². The van der Waals surface area contributed by atoms with Crippen molar-refractivity contribution in [3.8, 4) is 40.0 Å².